The Labute approximate surface area is 118 Å². The molecule has 0 bridgehead atoms. The summed E-state index contributed by atoms with van der Waals surface area (Å²) >= 11 is 0. The first-order valence-corrected chi connectivity index (χ1v) is 7.31. The number of imidazole rings is 1. The molecule has 1 heterocycles. The standard InChI is InChI=1S/C14H23N3O3/c1-3-11-16-12(14(19)20-4-2)13(15)17(11)9-7-5-6-8-10(9)18/h9-10,18H,3-8,15H2,1-2H3. The van der Waals surface area contributed by atoms with Gasteiger partial charge < -0.3 is 20.1 Å². The molecule has 0 aromatic carbocycles. The molecule has 1 aromatic rings. The van der Waals surface area contributed by atoms with Crippen LogP contribution < -0.4 is 5.73 Å². The van der Waals surface area contributed by atoms with Crippen LogP contribution in [0.1, 0.15) is 61.9 Å². The molecule has 3 N–H and O–H groups in total. The summed E-state index contributed by atoms with van der Waals surface area (Å²) in [7, 11) is 0. The molecular weight excluding hydrogens is 258 g/mol. The number of nitrogens with zero attached hydrogens (tertiary/aromatic N) is 2. The first-order valence-electron chi connectivity index (χ1n) is 7.31. The maximum absolute atomic E-state index is 11.9. The molecule has 20 heavy (non-hydrogen) atoms. The third-order valence-electron chi connectivity index (χ3n) is 3.83. The summed E-state index contributed by atoms with van der Waals surface area (Å²) in [5.74, 6) is 0.548. The van der Waals surface area contributed by atoms with Crippen LogP contribution in [0.25, 0.3) is 0 Å². The van der Waals surface area contributed by atoms with Crippen molar-refractivity contribution in [1.29, 1.82) is 0 Å². The van der Waals surface area contributed by atoms with Gasteiger partial charge in [-0.3, -0.25) is 0 Å². The Morgan fingerprint density at radius 1 is 1.45 bits per heavy atom. The van der Waals surface area contributed by atoms with Gasteiger partial charge in [-0.2, -0.15) is 0 Å². The highest BCUT2D eigenvalue weighted by Gasteiger charge is 2.30. The molecule has 0 aliphatic heterocycles. The van der Waals surface area contributed by atoms with Crippen molar-refractivity contribution in [3.8, 4) is 0 Å². The van der Waals surface area contributed by atoms with E-state index in [2.05, 4.69) is 4.98 Å². The number of aliphatic hydroxyl groups is 1. The minimum Gasteiger partial charge on any atom is -0.461 e. The first-order chi connectivity index (χ1) is 9.60. The Bertz CT molecular complexity index is 484. The van der Waals surface area contributed by atoms with Crippen LogP contribution in [0.5, 0.6) is 0 Å². The highest BCUT2D eigenvalue weighted by Crippen LogP contribution is 2.33. The van der Waals surface area contributed by atoms with Gasteiger partial charge in [-0.25, -0.2) is 9.78 Å². The van der Waals surface area contributed by atoms with Crippen molar-refractivity contribution in [2.45, 2.75) is 58.1 Å². The number of aliphatic hydroxyl groups excluding tert-OH is 1. The molecule has 0 amide bonds. The summed E-state index contributed by atoms with van der Waals surface area (Å²) < 4.78 is 6.81. The quantitative estimate of drug-likeness (QED) is 0.819. The number of hydrogen-bond donors (Lipinski definition) is 2. The molecule has 1 saturated carbocycles. The Morgan fingerprint density at radius 3 is 2.75 bits per heavy atom. The molecule has 2 rings (SSSR count). The lowest BCUT2D eigenvalue weighted by atomic mass is 9.92. The van der Waals surface area contributed by atoms with Gasteiger partial charge in [-0.05, 0) is 19.8 Å². The van der Waals surface area contributed by atoms with Gasteiger partial charge in [-0.15, -0.1) is 0 Å². The molecule has 1 fully saturated rings. The van der Waals surface area contributed by atoms with E-state index in [-0.39, 0.29) is 11.7 Å². The fourth-order valence-corrected chi connectivity index (χ4v) is 2.86. The van der Waals surface area contributed by atoms with Crippen LogP contribution in [0.4, 0.5) is 5.82 Å². The molecule has 0 radical (unpaired) electrons. The van der Waals surface area contributed by atoms with Gasteiger partial charge in [-0.1, -0.05) is 19.8 Å². The summed E-state index contributed by atoms with van der Waals surface area (Å²) in [5, 5.41) is 10.2. The lowest BCUT2D eigenvalue weighted by molar-refractivity contribution is 0.0520. The Balaban J connectivity index is 2.38. The zero-order valence-corrected chi connectivity index (χ0v) is 12.1. The third kappa shape index (κ3) is 2.65. The van der Waals surface area contributed by atoms with Crippen LogP contribution in [-0.4, -0.2) is 33.3 Å². The number of rotatable bonds is 4. The molecule has 1 aliphatic carbocycles. The molecule has 2 atom stereocenters. The average molecular weight is 281 g/mol. The fraction of sp³-hybridized carbons (Fsp3) is 0.714. The van der Waals surface area contributed by atoms with Gasteiger partial charge in [0.05, 0.1) is 18.8 Å². The maximum atomic E-state index is 11.9. The lowest BCUT2D eigenvalue weighted by Crippen LogP contribution is -2.29. The van der Waals surface area contributed by atoms with E-state index in [0.717, 1.165) is 31.5 Å². The van der Waals surface area contributed by atoms with Crippen LogP contribution in [0.15, 0.2) is 0 Å². The van der Waals surface area contributed by atoms with Gasteiger partial charge >= 0.3 is 5.97 Å². The number of esters is 1. The van der Waals surface area contributed by atoms with Crippen LogP contribution in [0, 0.1) is 0 Å². The zero-order valence-electron chi connectivity index (χ0n) is 12.1. The fourth-order valence-electron chi connectivity index (χ4n) is 2.86. The van der Waals surface area contributed by atoms with Crippen LogP contribution in [0.3, 0.4) is 0 Å². The van der Waals surface area contributed by atoms with Crippen molar-refractivity contribution < 1.29 is 14.6 Å². The molecule has 112 valence electrons. The predicted molar refractivity (Wildman–Crippen MR) is 75.5 cm³/mol. The van der Waals surface area contributed by atoms with Gasteiger partial charge in [0, 0.05) is 6.42 Å². The van der Waals surface area contributed by atoms with E-state index >= 15 is 0 Å². The second-order valence-electron chi connectivity index (χ2n) is 5.13. The average Bonchev–Trinajstić information content (AvgIpc) is 2.77. The molecule has 0 spiro atoms. The minimum atomic E-state index is -0.497. The third-order valence-corrected chi connectivity index (χ3v) is 3.83. The molecule has 1 aliphatic rings. The highest BCUT2D eigenvalue weighted by atomic mass is 16.5. The van der Waals surface area contributed by atoms with Gasteiger partial charge in [0.2, 0.25) is 0 Å². The first kappa shape index (κ1) is 14.8. The Kier molecular flexibility index (Phi) is 4.65. The van der Waals surface area contributed by atoms with E-state index in [1.165, 1.54) is 0 Å². The number of nitrogen functional groups attached to an aromatic ring is 1. The van der Waals surface area contributed by atoms with Crippen LogP contribution in [-0.2, 0) is 11.2 Å². The molecule has 6 heteroatoms. The van der Waals surface area contributed by atoms with Crippen molar-refractivity contribution in [3.05, 3.63) is 11.5 Å². The molecule has 0 saturated heterocycles. The normalized spacial score (nSPS) is 22.8. The smallest absolute Gasteiger partial charge is 0.360 e. The monoisotopic (exact) mass is 281 g/mol. The van der Waals surface area contributed by atoms with Crippen molar-refractivity contribution in [2.75, 3.05) is 12.3 Å². The van der Waals surface area contributed by atoms with Crippen LogP contribution >= 0.6 is 0 Å². The summed E-state index contributed by atoms with van der Waals surface area (Å²) in [5.41, 5.74) is 6.26. The van der Waals surface area contributed by atoms with Crippen molar-refractivity contribution in [2.24, 2.45) is 0 Å². The molecule has 6 nitrogen and oxygen atoms in total. The Morgan fingerprint density at radius 2 is 2.15 bits per heavy atom. The largest absolute Gasteiger partial charge is 0.461 e. The predicted octanol–water partition coefficient (Wildman–Crippen LogP) is 1.68. The Hall–Kier alpha value is -1.56. The zero-order chi connectivity index (χ0) is 14.7. The summed E-state index contributed by atoms with van der Waals surface area (Å²) in [6.07, 6.45) is 3.93. The van der Waals surface area contributed by atoms with E-state index in [4.69, 9.17) is 10.5 Å². The highest BCUT2D eigenvalue weighted by molar-refractivity contribution is 5.92. The summed E-state index contributed by atoms with van der Waals surface area (Å²) in [4.78, 5) is 16.2. The summed E-state index contributed by atoms with van der Waals surface area (Å²) in [6.45, 7) is 4.00. The second-order valence-corrected chi connectivity index (χ2v) is 5.13. The van der Waals surface area contributed by atoms with E-state index in [1.807, 2.05) is 11.5 Å². The maximum Gasteiger partial charge on any atom is 0.360 e. The van der Waals surface area contributed by atoms with Gasteiger partial charge in [0.15, 0.2) is 5.69 Å². The minimum absolute atomic E-state index is 0.0885. The van der Waals surface area contributed by atoms with Gasteiger partial charge in [0.1, 0.15) is 11.6 Å². The number of carbonyl (C=O) groups excluding carboxylic acids is 1. The van der Waals surface area contributed by atoms with E-state index in [1.54, 1.807) is 6.92 Å². The number of nitrogens with two attached hydrogens (primary N) is 1. The topological polar surface area (TPSA) is 90.4 Å². The van der Waals surface area contributed by atoms with Crippen LogP contribution in [0.2, 0.25) is 0 Å². The number of anilines is 1. The number of aromatic nitrogens is 2. The van der Waals surface area contributed by atoms with Crippen molar-refractivity contribution in [3.63, 3.8) is 0 Å². The van der Waals surface area contributed by atoms with E-state index < -0.39 is 12.1 Å². The molecule has 2 unspecified atom stereocenters. The van der Waals surface area contributed by atoms with Crippen molar-refractivity contribution >= 4 is 11.8 Å². The van der Waals surface area contributed by atoms with E-state index in [0.29, 0.717) is 18.8 Å². The SMILES string of the molecule is CCOC(=O)c1nc(CC)n(C2CCCCC2O)c1N. The number of carbonyl (C=O) groups is 1. The molecule has 1 aromatic heterocycles. The second kappa shape index (κ2) is 6.26. The van der Waals surface area contributed by atoms with Crippen molar-refractivity contribution in [1.82, 2.24) is 9.55 Å². The number of hydrogen-bond acceptors (Lipinski definition) is 5. The molecular formula is C14H23N3O3. The number of ether oxygens (including phenoxy) is 1. The van der Waals surface area contributed by atoms with Gasteiger partial charge in [0.25, 0.3) is 0 Å². The van der Waals surface area contributed by atoms with E-state index in [9.17, 15) is 9.90 Å². The number of aryl methyl sites for hydroxylation is 1. The summed E-state index contributed by atoms with van der Waals surface area (Å²) in [6, 6.07) is -0.0885. The lowest BCUT2D eigenvalue weighted by Gasteiger charge is -2.30.